The lowest BCUT2D eigenvalue weighted by molar-refractivity contribution is 0.368. The number of fused-ring (bicyclic) bond motifs is 5. The first-order valence-corrected chi connectivity index (χ1v) is 8.44. The van der Waals surface area contributed by atoms with Gasteiger partial charge in [-0.2, -0.15) is 5.10 Å². The molecule has 0 amide bonds. The molecular weight excluding hydrogens is 302 g/mol. The fourth-order valence-electron chi connectivity index (χ4n) is 5.28. The van der Waals surface area contributed by atoms with Gasteiger partial charge in [0.2, 0.25) is 0 Å². The number of halogens is 1. The summed E-state index contributed by atoms with van der Waals surface area (Å²) in [6.07, 6.45) is 6.46. The van der Waals surface area contributed by atoms with E-state index in [1.54, 1.807) is 0 Å². The molecule has 4 heteroatoms. The van der Waals surface area contributed by atoms with E-state index in [4.69, 9.17) is 0 Å². The van der Waals surface area contributed by atoms with Gasteiger partial charge >= 0.3 is 0 Å². The molecule has 0 aliphatic heterocycles. The zero-order chi connectivity index (χ0) is 13.1. The number of hydrogen-bond donors (Lipinski definition) is 1. The Balaban J connectivity index is 1.64. The van der Waals surface area contributed by atoms with Crippen LogP contribution in [0.4, 0.5) is 0 Å². The van der Waals surface area contributed by atoms with Crippen molar-refractivity contribution in [1.29, 1.82) is 0 Å². The largest absolute Gasteiger partial charge is 0.311 e. The molecule has 19 heavy (non-hydrogen) atoms. The van der Waals surface area contributed by atoms with Crippen molar-refractivity contribution < 1.29 is 0 Å². The van der Waals surface area contributed by atoms with Crippen LogP contribution in [0.15, 0.2) is 10.7 Å². The molecule has 3 aliphatic rings. The van der Waals surface area contributed by atoms with Gasteiger partial charge in [-0.15, -0.1) is 0 Å². The van der Waals surface area contributed by atoms with Gasteiger partial charge in [0.25, 0.3) is 0 Å². The summed E-state index contributed by atoms with van der Waals surface area (Å²) in [6.45, 7) is 3.13. The van der Waals surface area contributed by atoms with Crippen LogP contribution in [0.5, 0.6) is 0 Å². The summed E-state index contributed by atoms with van der Waals surface area (Å²) in [7, 11) is 2.11. The van der Waals surface area contributed by atoms with Gasteiger partial charge in [0.15, 0.2) is 0 Å². The summed E-state index contributed by atoms with van der Waals surface area (Å²) in [6, 6.07) is 0.482. The molecule has 0 saturated heterocycles. The molecule has 2 bridgehead atoms. The van der Waals surface area contributed by atoms with Crippen molar-refractivity contribution in [2.45, 2.75) is 38.8 Å². The van der Waals surface area contributed by atoms with Gasteiger partial charge in [-0.3, -0.25) is 4.68 Å². The Hall–Kier alpha value is -0.350. The summed E-state index contributed by atoms with van der Waals surface area (Å²) in [5.41, 5.74) is 1.36. The molecule has 0 spiro atoms. The normalized spacial score (nSPS) is 40.5. The van der Waals surface area contributed by atoms with Crippen molar-refractivity contribution in [1.82, 2.24) is 15.1 Å². The predicted octanol–water partition coefficient (Wildman–Crippen LogP) is 3.22. The second kappa shape index (κ2) is 4.32. The first kappa shape index (κ1) is 12.4. The first-order valence-electron chi connectivity index (χ1n) is 7.64. The monoisotopic (exact) mass is 323 g/mol. The van der Waals surface area contributed by atoms with Gasteiger partial charge in [0.1, 0.15) is 0 Å². The van der Waals surface area contributed by atoms with Crippen LogP contribution in [0.3, 0.4) is 0 Å². The Morgan fingerprint density at radius 3 is 2.68 bits per heavy atom. The lowest BCUT2D eigenvalue weighted by Gasteiger charge is -2.21. The molecular formula is C15H22BrN3. The second-order valence-corrected chi connectivity index (χ2v) is 7.38. The highest BCUT2D eigenvalue weighted by molar-refractivity contribution is 9.10. The molecule has 0 aromatic carbocycles. The number of aromatic nitrogens is 2. The minimum Gasteiger partial charge on any atom is -0.311 e. The minimum absolute atomic E-state index is 0.482. The van der Waals surface area contributed by atoms with E-state index in [0.29, 0.717) is 6.04 Å². The smallest absolute Gasteiger partial charge is 0.0698 e. The Morgan fingerprint density at radius 1 is 1.42 bits per heavy atom. The Labute approximate surface area is 123 Å². The third-order valence-corrected chi connectivity index (χ3v) is 6.53. The van der Waals surface area contributed by atoms with Gasteiger partial charge in [-0.25, -0.2) is 0 Å². The van der Waals surface area contributed by atoms with Gasteiger partial charge in [-0.05, 0) is 78.8 Å². The van der Waals surface area contributed by atoms with E-state index in [-0.39, 0.29) is 0 Å². The fourth-order valence-corrected chi connectivity index (χ4v) is 5.83. The molecule has 104 valence electrons. The molecule has 4 rings (SSSR count). The highest BCUT2D eigenvalue weighted by atomic mass is 79.9. The van der Waals surface area contributed by atoms with Crippen molar-refractivity contribution in [3.05, 3.63) is 16.4 Å². The quantitative estimate of drug-likeness (QED) is 0.922. The Bertz CT molecular complexity index is 482. The number of aryl methyl sites for hydroxylation is 1. The molecule has 1 N–H and O–H groups in total. The number of rotatable bonds is 4. The van der Waals surface area contributed by atoms with E-state index in [1.807, 2.05) is 6.20 Å². The van der Waals surface area contributed by atoms with Crippen LogP contribution < -0.4 is 5.32 Å². The third kappa shape index (κ3) is 1.62. The maximum absolute atomic E-state index is 4.49. The van der Waals surface area contributed by atoms with Crippen LogP contribution in [0, 0.1) is 29.6 Å². The topological polar surface area (TPSA) is 29.9 Å². The molecule has 0 radical (unpaired) electrons. The molecule has 5 unspecified atom stereocenters. The van der Waals surface area contributed by atoms with E-state index in [2.05, 4.69) is 45.0 Å². The molecule has 1 aromatic heterocycles. The predicted molar refractivity (Wildman–Crippen MR) is 78.7 cm³/mol. The minimum atomic E-state index is 0.482. The van der Waals surface area contributed by atoms with E-state index < -0.39 is 0 Å². The van der Waals surface area contributed by atoms with Gasteiger partial charge < -0.3 is 5.32 Å². The lowest BCUT2D eigenvalue weighted by atomic mass is 9.95. The van der Waals surface area contributed by atoms with Crippen molar-refractivity contribution in [3.8, 4) is 0 Å². The van der Waals surface area contributed by atoms with Crippen molar-refractivity contribution >= 4 is 15.9 Å². The molecule has 1 heterocycles. The van der Waals surface area contributed by atoms with Crippen LogP contribution in [-0.4, -0.2) is 16.8 Å². The molecule has 3 fully saturated rings. The van der Waals surface area contributed by atoms with E-state index >= 15 is 0 Å². The molecule has 1 aromatic rings. The van der Waals surface area contributed by atoms with E-state index in [9.17, 15) is 0 Å². The van der Waals surface area contributed by atoms with Crippen molar-refractivity contribution in [3.63, 3.8) is 0 Å². The highest BCUT2D eigenvalue weighted by Gasteiger charge is 2.67. The summed E-state index contributed by atoms with van der Waals surface area (Å²) in [4.78, 5) is 0. The van der Waals surface area contributed by atoms with Gasteiger partial charge in [-0.1, -0.05) is 0 Å². The van der Waals surface area contributed by atoms with Crippen LogP contribution in [0.2, 0.25) is 0 Å². The van der Waals surface area contributed by atoms with Crippen LogP contribution >= 0.6 is 15.9 Å². The zero-order valence-electron chi connectivity index (χ0n) is 11.6. The van der Waals surface area contributed by atoms with Crippen LogP contribution in [-0.2, 0) is 6.54 Å². The molecule has 5 atom stereocenters. The molecule has 3 aliphatic carbocycles. The van der Waals surface area contributed by atoms with E-state index in [0.717, 1.165) is 36.1 Å². The molecule has 3 nitrogen and oxygen atoms in total. The average Bonchev–Trinajstić information content (AvgIpc) is 2.77. The SMILES string of the molecule is CCn1ncc(Br)c1C(NC)C1C2C3CCC(C3)C21. The fraction of sp³-hybridized carbons (Fsp3) is 0.800. The van der Waals surface area contributed by atoms with Gasteiger partial charge in [0, 0.05) is 6.54 Å². The standard InChI is InChI=1S/C15H22BrN3/c1-3-19-15(10(16)7-18-19)14(17-2)13-11-8-4-5-9(6-8)12(11)13/h7-9,11-14,17H,3-6H2,1-2H3. The summed E-state index contributed by atoms with van der Waals surface area (Å²) in [5.74, 6) is 4.93. The Kier molecular flexibility index (Phi) is 2.82. The van der Waals surface area contributed by atoms with Crippen LogP contribution in [0.1, 0.15) is 37.9 Å². The summed E-state index contributed by atoms with van der Waals surface area (Å²) in [5, 5.41) is 8.08. The summed E-state index contributed by atoms with van der Waals surface area (Å²) < 4.78 is 3.33. The maximum atomic E-state index is 4.49. The number of nitrogens with zero attached hydrogens (tertiary/aromatic N) is 2. The van der Waals surface area contributed by atoms with Crippen LogP contribution in [0.25, 0.3) is 0 Å². The van der Waals surface area contributed by atoms with Crippen molar-refractivity contribution in [2.24, 2.45) is 29.6 Å². The first-order chi connectivity index (χ1) is 9.26. The van der Waals surface area contributed by atoms with Crippen molar-refractivity contribution in [2.75, 3.05) is 7.05 Å². The maximum Gasteiger partial charge on any atom is 0.0698 e. The summed E-state index contributed by atoms with van der Waals surface area (Å²) >= 11 is 3.70. The Morgan fingerprint density at radius 2 is 2.11 bits per heavy atom. The third-order valence-electron chi connectivity index (χ3n) is 5.92. The van der Waals surface area contributed by atoms with Gasteiger partial charge in [0.05, 0.1) is 22.4 Å². The molecule has 3 saturated carbocycles. The number of nitrogens with one attached hydrogen (secondary N) is 1. The van der Waals surface area contributed by atoms with E-state index in [1.165, 1.54) is 29.4 Å². The number of hydrogen-bond acceptors (Lipinski definition) is 2. The lowest BCUT2D eigenvalue weighted by Crippen LogP contribution is -2.25. The highest BCUT2D eigenvalue weighted by Crippen LogP contribution is 2.72. The zero-order valence-corrected chi connectivity index (χ0v) is 13.2. The second-order valence-electron chi connectivity index (χ2n) is 6.53. The average molecular weight is 324 g/mol.